The lowest BCUT2D eigenvalue weighted by Crippen LogP contribution is -2.42. The standard InChI is InChI=1S/C30H40F3NO6S/c1-6-7-16-37-24-19-22(23(34-41(36)29(3,4)5)14-15-25-38-17-11-18-39-25)27(30(31,32)33)20(2)26(24)28(35)40-21-12-9-8-10-13-21/h8-10,12-13,19,23,25,34H,6-7,11,14-18H2,1-5H3/t23?,41-/m0/s1. The van der Waals surface area contributed by atoms with Gasteiger partial charge < -0.3 is 23.5 Å². The number of hydrogen-bond acceptors (Lipinski definition) is 7. The van der Waals surface area contributed by atoms with E-state index in [0.29, 0.717) is 19.6 Å². The highest BCUT2D eigenvalue weighted by Crippen LogP contribution is 2.43. The number of esters is 1. The number of nitrogens with one attached hydrogen (secondary N) is 1. The molecule has 1 N–H and O–H groups in total. The Hall–Kier alpha value is -2.31. The smallest absolute Gasteiger partial charge is 0.417 e. The fourth-order valence-corrected chi connectivity index (χ4v) is 5.25. The van der Waals surface area contributed by atoms with Gasteiger partial charge in [-0.05, 0) is 76.3 Å². The molecule has 1 heterocycles. The van der Waals surface area contributed by atoms with Gasteiger partial charge in [0.1, 0.15) is 21.8 Å². The fraction of sp³-hybridized carbons (Fsp3) is 0.567. The first-order valence-corrected chi connectivity index (χ1v) is 15.0. The molecule has 1 aliphatic rings. The zero-order valence-corrected chi connectivity index (χ0v) is 25.1. The van der Waals surface area contributed by atoms with Gasteiger partial charge in [0.25, 0.3) is 0 Å². The molecule has 2 aromatic carbocycles. The summed E-state index contributed by atoms with van der Waals surface area (Å²) in [5.74, 6) is -0.774. The van der Waals surface area contributed by atoms with E-state index in [9.17, 15) is 22.5 Å². The molecule has 0 aromatic heterocycles. The van der Waals surface area contributed by atoms with Crippen molar-refractivity contribution in [2.75, 3.05) is 19.8 Å². The van der Waals surface area contributed by atoms with Gasteiger partial charge in [-0.1, -0.05) is 31.5 Å². The Bertz CT molecular complexity index is 1130. The summed E-state index contributed by atoms with van der Waals surface area (Å²) in [7, 11) is 0. The quantitative estimate of drug-likeness (QED) is 0.121. The van der Waals surface area contributed by atoms with Crippen LogP contribution in [0.4, 0.5) is 13.2 Å². The van der Waals surface area contributed by atoms with Crippen LogP contribution in [0.25, 0.3) is 0 Å². The minimum atomic E-state index is -4.83. The highest BCUT2D eigenvalue weighted by atomic mass is 32.2. The number of hydrogen-bond donors (Lipinski definition) is 1. The second-order valence-corrected chi connectivity index (χ2v) is 12.9. The average Bonchev–Trinajstić information content (AvgIpc) is 2.90. The summed E-state index contributed by atoms with van der Waals surface area (Å²) < 4.78 is 82.4. The van der Waals surface area contributed by atoms with E-state index in [1.165, 1.54) is 13.0 Å². The molecule has 0 aliphatic carbocycles. The first-order valence-electron chi connectivity index (χ1n) is 13.9. The second-order valence-electron chi connectivity index (χ2n) is 10.9. The van der Waals surface area contributed by atoms with Gasteiger partial charge in [0.2, 0.25) is 0 Å². The average molecular weight is 600 g/mol. The minimum Gasteiger partial charge on any atom is -0.598 e. The SMILES string of the molecule is CCCCOc1cc(C(CCC2OCCCO2)N[S@@+]([O-])C(C)(C)C)c(C(F)(F)F)c(C)c1C(=O)Oc1ccccc1. The topological polar surface area (TPSA) is 89.1 Å². The molecule has 0 saturated carbocycles. The molecule has 2 atom stereocenters. The van der Waals surface area contributed by atoms with E-state index < -0.39 is 46.1 Å². The Balaban J connectivity index is 2.13. The van der Waals surface area contributed by atoms with Crippen LogP contribution < -0.4 is 14.2 Å². The minimum absolute atomic E-state index is 0.0154. The van der Waals surface area contributed by atoms with E-state index in [1.54, 1.807) is 51.1 Å². The molecule has 0 radical (unpaired) electrons. The first kappa shape index (κ1) is 33.2. The van der Waals surface area contributed by atoms with Crippen molar-refractivity contribution in [1.29, 1.82) is 0 Å². The Kier molecular flexibility index (Phi) is 11.9. The second kappa shape index (κ2) is 14.7. The molecule has 3 rings (SSSR count). The highest BCUT2D eigenvalue weighted by molar-refractivity contribution is 7.90. The molecule has 0 spiro atoms. The lowest BCUT2D eigenvalue weighted by atomic mass is 9.90. The van der Waals surface area contributed by atoms with Crippen LogP contribution in [0.3, 0.4) is 0 Å². The fourth-order valence-electron chi connectivity index (χ4n) is 4.39. The zero-order chi connectivity index (χ0) is 30.2. The summed E-state index contributed by atoms with van der Waals surface area (Å²) in [6.45, 7) is 9.59. The van der Waals surface area contributed by atoms with Gasteiger partial charge in [0, 0.05) is 17.8 Å². The van der Waals surface area contributed by atoms with Crippen molar-refractivity contribution in [2.45, 2.75) is 90.0 Å². The number of para-hydroxylation sites is 1. The molecule has 1 unspecified atom stereocenters. The normalized spacial score (nSPS) is 16.3. The molecular formula is C30H40F3NO6S. The van der Waals surface area contributed by atoms with Gasteiger partial charge in [-0.2, -0.15) is 13.2 Å². The van der Waals surface area contributed by atoms with E-state index in [4.69, 9.17) is 18.9 Å². The Morgan fingerprint density at radius 2 is 1.83 bits per heavy atom. The van der Waals surface area contributed by atoms with E-state index in [-0.39, 0.29) is 47.6 Å². The van der Waals surface area contributed by atoms with Crippen LogP contribution in [0.1, 0.15) is 92.9 Å². The van der Waals surface area contributed by atoms with Gasteiger partial charge in [-0.15, -0.1) is 4.72 Å². The maximum atomic E-state index is 14.8. The van der Waals surface area contributed by atoms with E-state index in [0.717, 1.165) is 12.8 Å². The summed E-state index contributed by atoms with van der Waals surface area (Å²) in [6, 6.07) is 8.37. The van der Waals surface area contributed by atoms with Crippen LogP contribution in [-0.2, 0) is 27.0 Å². The molecule has 0 amide bonds. The summed E-state index contributed by atoms with van der Waals surface area (Å²) in [5, 5.41) is 0. The Morgan fingerprint density at radius 3 is 2.41 bits per heavy atom. The largest absolute Gasteiger partial charge is 0.598 e. The van der Waals surface area contributed by atoms with E-state index in [1.807, 2.05) is 6.92 Å². The molecule has 1 saturated heterocycles. The number of alkyl halides is 3. The van der Waals surface area contributed by atoms with Gasteiger partial charge in [-0.3, -0.25) is 0 Å². The number of benzene rings is 2. The van der Waals surface area contributed by atoms with E-state index in [2.05, 4.69) is 4.72 Å². The third kappa shape index (κ3) is 9.34. The molecule has 228 valence electrons. The number of carbonyl (C=O) groups excluding carboxylic acids is 1. The summed E-state index contributed by atoms with van der Waals surface area (Å²) in [6.07, 6.45) is -2.84. The predicted molar refractivity (Wildman–Crippen MR) is 151 cm³/mol. The molecule has 2 aromatic rings. The van der Waals surface area contributed by atoms with Crippen LogP contribution in [0, 0.1) is 6.92 Å². The number of unbranched alkanes of at least 4 members (excludes halogenated alkanes) is 1. The monoisotopic (exact) mass is 599 g/mol. The number of carbonyl (C=O) groups is 1. The van der Waals surface area contributed by atoms with Crippen molar-refractivity contribution < 1.29 is 41.5 Å². The molecule has 11 heteroatoms. The lowest BCUT2D eigenvalue weighted by Gasteiger charge is -2.31. The van der Waals surface area contributed by atoms with Crippen LogP contribution in [0.5, 0.6) is 11.5 Å². The van der Waals surface area contributed by atoms with Crippen LogP contribution in [0.2, 0.25) is 0 Å². The molecule has 41 heavy (non-hydrogen) atoms. The molecule has 7 nitrogen and oxygen atoms in total. The van der Waals surface area contributed by atoms with Crippen molar-refractivity contribution in [3.8, 4) is 11.5 Å². The number of halogens is 3. The van der Waals surface area contributed by atoms with Gasteiger partial charge in [-0.25, -0.2) is 4.79 Å². The van der Waals surface area contributed by atoms with Crippen LogP contribution in [-0.4, -0.2) is 41.4 Å². The van der Waals surface area contributed by atoms with E-state index >= 15 is 0 Å². The third-order valence-corrected chi connectivity index (χ3v) is 8.15. The van der Waals surface area contributed by atoms with Crippen molar-refractivity contribution in [2.24, 2.45) is 0 Å². The zero-order valence-electron chi connectivity index (χ0n) is 24.3. The highest BCUT2D eigenvalue weighted by Gasteiger charge is 2.42. The van der Waals surface area contributed by atoms with Crippen molar-refractivity contribution >= 4 is 17.3 Å². The first-order chi connectivity index (χ1) is 19.3. The molecule has 0 bridgehead atoms. The Labute approximate surface area is 243 Å². The van der Waals surface area contributed by atoms with Gasteiger partial charge in [0.15, 0.2) is 6.29 Å². The maximum Gasteiger partial charge on any atom is 0.417 e. The van der Waals surface area contributed by atoms with Crippen LogP contribution >= 0.6 is 0 Å². The van der Waals surface area contributed by atoms with Crippen molar-refractivity contribution in [1.82, 2.24) is 4.72 Å². The maximum absolute atomic E-state index is 14.8. The third-order valence-electron chi connectivity index (χ3n) is 6.54. The number of ether oxygens (including phenoxy) is 4. The number of rotatable bonds is 12. The van der Waals surface area contributed by atoms with Crippen molar-refractivity contribution in [3.05, 3.63) is 58.7 Å². The molecule has 1 fully saturated rings. The molecular weight excluding hydrogens is 559 g/mol. The molecule has 1 aliphatic heterocycles. The lowest BCUT2D eigenvalue weighted by molar-refractivity contribution is -0.182. The van der Waals surface area contributed by atoms with Gasteiger partial charge in [0.05, 0.1) is 31.4 Å². The summed E-state index contributed by atoms with van der Waals surface area (Å²) >= 11 is -1.70. The summed E-state index contributed by atoms with van der Waals surface area (Å²) in [4.78, 5) is 13.3. The van der Waals surface area contributed by atoms with Crippen LogP contribution in [0.15, 0.2) is 36.4 Å². The van der Waals surface area contributed by atoms with Crippen molar-refractivity contribution in [3.63, 3.8) is 0 Å². The van der Waals surface area contributed by atoms with Gasteiger partial charge >= 0.3 is 12.1 Å². The Morgan fingerprint density at radius 1 is 1.17 bits per heavy atom. The predicted octanol–water partition coefficient (Wildman–Crippen LogP) is 7.05. The summed E-state index contributed by atoms with van der Waals surface area (Å²) in [5.41, 5.74) is -1.77.